The van der Waals surface area contributed by atoms with Gasteiger partial charge in [-0.15, -0.1) is 11.3 Å². The molecule has 0 spiro atoms. The van der Waals surface area contributed by atoms with Crippen molar-refractivity contribution in [1.82, 2.24) is 5.01 Å². The van der Waals surface area contributed by atoms with Gasteiger partial charge in [-0.3, -0.25) is 9.59 Å². The molecule has 2 aromatic carbocycles. The van der Waals surface area contributed by atoms with Crippen molar-refractivity contribution in [2.75, 3.05) is 5.32 Å². The summed E-state index contributed by atoms with van der Waals surface area (Å²) in [5.74, 6) is -0.495. The van der Waals surface area contributed by atoms with E-state index in [1.54, 1.807) is 11.3 Å². The Kier molecular flexibility index (Phi) is 6.11. The fourth-order valence-electron chi connectivity index (χ4n) is 3.83. The van der Waals surface area contributed by atoms with Crippen LogP contribution in [0, 0.1) is 6.92 Å². The number of hydrogen-bond donors (Lipinski definition) is 1. The van der Waals surface area contributed by atoms with Crippen LogP contribution < -0.4 is 5.32 Å². The lowest BCUT2D eigenvalue weighted by atomic mass is 10.0. The average Bonchev–Trinajstić information content (AvgIpc) is 3.56. The summed E-state index contributed by atoms with van der Waals surface area (Å²) in [4.78, 5) is 30.6. The van der Waals surface area contributed by atoms with Gasteiger partial charge in [-0.1, -0.05) is 65.9 Å². The third-order valence-electron chi connectivity index (χ3n) is 5.53. The standard InChI is InChI=1S/C25H22N4O2S2/c1-16-9-11-18(12-10-16)26-23(30)15-22-24(31)27-25(33-22)29-20(17-6-3-2-4-7-17)14-19(28-29)21-8-5-13-32-21/h2-13,20,22H,14-15H2,1H3,(H,26,30)/t20-,22-/m0/s1. The van der Waals surface area contributed by atoms with Gasteiger partial charge in [-0.2, -0.15) is 10.1 Å². The minimum Gasteiger partial charge on any atom is -0.326 e. The number of carbonyl (C=O) groups excluding carboxylic acids is 2. The molecule has 3 heterocycles. The number of nitrogens with zero attached hydrogens (tertiary/aromatic N) is 3. The van der Waals surface area contributed by atoms with E-state index >= 15 is 0 Å². The molecule has 0 saturated heterocycles. The van der Waals surface area contributed by atoms with Crippen molar-refractivity contribution in [2.24, 2.45) is 10.1 Å². The number of aryl methyl sites for hydroxylation is 1. The SMILES string of the molecule is Cc1ccc(NC(=O)C[C@@H]2SC(N3N=C(c4cccs4)C[C@H]3c3ccccc3)=NC2=O)cc1. The Labute approximate surface area is 200 Å². The van der Waals surface area contributed by atoms with Gasteiger partial charge in [0.15, 0.2) is 5.17 Å². The molecule has 0 radical (unpaired) electrons. The summed E-state index contributed by atoms with van der Waals surface area (Å²) in [6.45, 7) is 1.99. The van der Waals surface area contributed by atoms with Crippen molar-refractivity contribution in [2.45, 2.75) is 31.1 Å². The van der Waals surface area contributed by atoms with Crippen molar-refractivity contribution in [1.29, 1.82) is 0 Å². The van der Waals surface area contributed by atoms with Crippen LogP contribution in [-0.2, 0) is 9.59 Å². The van der Waals surface area contributed by atoms with Crippen LogP contribution in [0.2, 0.25) is 0 Å². The number of nitrogens with one attached hydrogen (secondary N) is 1. The van der Waals surface area contributed by atoms with E-state index in [0.717, 1.165) is 33.8 Å². The minimum absolute atomic E-state index is 0.0394. The second-order valence-electron chi connectivity index (χ2n) is 7.96. The van der Waals surface area contributed by atoms with Crippen LogP contribution in [0.25, 0.3) is 0 Å². The number of anilines is 1. The van der Waals surface area contributed by atoms with Crippen LogP contribution in [0.5, 0.6) is 0 Å². The van der Waals surface area contributed by atoms with Gasteiger partial charge in [0.05, 0.1) is 16.6 Å². The fraction of sp³-hybridized carbons (Fsp3) is 0.200. The van der Waals surface area contributed by atoms with E-state index in [-0.39, 0.29) is 24.3 Å². The van der Waals surface area contributed by atoms with E-state index < -0.39 is 5.25 Å². The van der Waals surface area contributed by atoms with Crippen LogP contribution in [0.3, 0.4) is 0 Å². The van der Waals surface area contributed by atoms with Gasteiger partial charge in [0.2, 0.25) is 5.91 Å². The van der Waals surface area contributed by atoms with Gasteiger partial charge in [0.1, 0.15) is 5.25 Å². The number of amides is 2. The Bertz CT molecular complexity index is 1220. The van der Waals surface area contributed by atoms with Crippen molar-refractivity contribution < 1.29 is 9.59 Å². The van der Waals surface area contributed by atoms with Crippen molar-refractivity contribution >= 4 is 51.5 Å². The summed E-state index contributed by atoms with van der Waals surface area (Å²) in [5, 5.41) is 11.6. The zero-order chi connectivity index (χ0) is 22.8. The molecule has 8 heteroatoms. The first-order valence-corrected chi connectivity index (χ1v) is 12.4. The maximum Gasteiger partial charge on any atom is 0.262 e. The maximum atomic E-state index is 12.7. The lowest BCUT2D eigenvalue weighted by molar-refractivity contribution is -0.121. The molecule has 6 nitrogen and oxygen atoms in total. The second-order valence-corrected chi connectivity index (χ2v) is 10.1. The predicted molar refractivity (Wildman–Crippen MR) is 135 cm³/mol. The average molecular weight is 475 g/mol. The Morgan fingerprint density at radius 3 is 2.61 bits per heavy atom. The molecule has 0 saturated carbocycles. The number of rotatable bonds is 5. The van der Waals surface area contributed by atoms with Gasteiger partial charge in [-0.25, -0.2) is 5.01 Å². The van der Waals surface area contributed by atoms with Gasteiger partial charge in [0.25, 0.3) is 5.91 Å². The molecule has 166 valence electrons. The minimum atomic E-state index is -0.553. The Morgan fingerprint density at radius 2 is 1.88 bits per heavy atom. The lowest BCUT2D eigenvalue weighted by Crippen LogP contribution is -2.25. The van der Waals surface area contributed by atoms with E-state index in [2.05, 4.69) is 28.5 Å². The van der Waals surface area contributed by atoms with Crippen LogP contribution in [0.4, 0.5) is 5.69 Å². The highest BCUT2D eigenvalue weighted by molar-refractivity contribution is 8.15. The van der Waals surface area contributed by atoms with Crippen LogP contribution in [-0.4, -0.2) is 33.0 Å². The highest BCUT2D eigenvalue weighted by Gasteiger charge is 2.39. The van der Waals surface area contributed by atoms with Crippen molar-refractivity contribution in [3.8, 4) is 0 Å². The molecule has 1 aromatic heterocycles. The zero-order valence-corrected chi connectivity index (χ0v) is 19.6. The number of thioether (sulfide) groups is 1. The summed E-state index contributed by atoms with van der Waals surface area (Å²) in [6.07, 6.45) is 0.798. The number of hydrogen-bond acceptors (Lipinski definition) is 6. The zero-order valence-electron chi connectivity index (χ0n) is 18.0. The molecule has 33 heavy (non-hydrogen) atoms. The molecule has 0 unspecified atom stereocenters. The predicted octanol–water partition coefficient (Wildman–Crippen LogP) is 5.23. The van der Waals surface area contributed by atoms with Gasteiger partial charge >= 0.3 is 0 Å². The first kappa shape index (κ1) is 21.6. The molecule has 2 aliphatic heterocycles. The molecule has 3 aromatic rings. The third-order valence-corrected chi connectivity index (χ3v) is 7.59. The summed E-state index contributed by atoms with van der Waals surface area (Å²) in [5.41, 5.74) is 3.93. The van der Waals surface area contributed by atoms with E-state index in [1.165, 1.54) is 11.8 Å². The van der Waals surface area contributed by atoms with E-state index in [4.69, 9.17) is 5.10 Å². The van der Waals surface area contributed by atoms with Crippen LogP contribution >= 0.6 is 23.1 Å². The third kappa shape index (κ3) is 4.77. The topological polar surface area (TPSA) is 74.1 Å². The number of hydrazone groups is 1. The number of benzene rings is 2. The first-order chi connectivity index (χ1) is 16.1. The Morgan fingerprint density at radius 1 is 1.09 bits per heavy atom. The highest BCUT2D eigenvalue weighted by atomic mass is 32.2. The van der Waals surface area contributed by atoms with E-state index in [9.17, 15) is 9.59 Å². The number of aliphatic imine (C=N–C) groups is 1. The summed E-state index contributed by atoms with van der Waals surface area (Å²) < 4.78 is 0. The molecular formula is C25H22N4O2S2. The largest absolute Gasteiger partial charge is 0.326 e. The highest BCUT2D eigenvalue weighted by Crippen LogP contribution is 2.39. The van der Waals surface area contributed by atoms with Gasteiger partial charge in [-0.05, 0) is 36.1 Å². The molecule has 0 bridgehead atoms. The maximum absolute atomic E-state index is 12.7. The summed E-state index contributed by atoms with van der Waals surface area (Å²) >= 11 is 2.97. The molecule has 2 amide bonds. The molecule has 1 N–H and O–H groups in total. The van der Waals surface area contributed by atoms with Gasteiger partial charge < -0.3 is 5.32 Å². The van der Waals surface area contributed by atoms with E-state index in [1.807, 2.05) is 65.8 Å². The van der Waals surface area contributed by atoms with Crippen molar-refractivity contribution in [3.05, 3.63) is 88.1 Å². The number of thiophene rings is 1. The Balaban J connectivity index is 1.32. The molecule has 0 fully saturated rings. The van der Waals surface area contributed by atoms with Crippen molar-refractivity contribution in [3.63, 3.8) is 0 Å². The monoisotopic (exact) mass is 474 g/mol. The number of amidine groups is 1. The normalized spacial score (nSPS) is 20.0. The molecule has 2 atom stereocenters. The molecule has 5 rings (SSSR count). The summed E-state index contributed by atoms with van der Waals surface area (Å²) in [7, 11) is 0. The summed E-state index contributed by atoms with van der Waals surface area (Å²) in [6, 6.07) is 21.7. The Hall–Kier alpha value is -3.23. The van der Waals surface area contributed by atoms with E-state index in [0.29, 0.717) is 5.17 Å². The van der Waals surface area contributed by atoms with Crippen LogP contribution in [0.15, 0.2) is 82.2 Å². The van der Waals surface area contributed by atoms with Crippen LogP contribution in [0.1, 0.15) is 34.9 Å². The second kappa shape index (κ2) is 9.33. The number of carbonyl (C=O) groups is 2. The fourth-order valence-corrected chi connectivity index (χ4v) is 5.62. The molecule has 0 aliphatic carbocycles. The molecular weight excluding hydrogens is 452 g/mol. The smallest absolute Gasteiger partial charge is 0.262 e. The lowest BCUT2D eigenvalue weighted by Gasteiger charge is -2.23. The quantitative estimate of drug-likeness (QED) is 0.549. The van der Waals surface area contributed by atoms with Gasteiger partial charge in [0, 0.05) is 18.5 Å². The first-order valence-electron chi connectivity index (χ1n) is 10.7. The molecule has 2 aliphatic rings.